The molecule has 0 saturated carbocycles. The maximum atomic E-state index is 12.1. The van der Waals surface area contributed by atoms with Gasteiger partial charge in [-0.25, -0.2) is 0 Å². The molecular formula is C14H30N2O3. The van der Waals surface area contributed by atoms with E-state index >= 15 is 0 Å². The zero-order valence-electron chi connectivity index (χ0n) is 13.4. The zero-order valence-corrected chi connectivity index (χ0v) is 13.4. The molecule has 0 spiro atoms. The lowest BCUT2D eigenvalue weighted by Gasteiger charge is -2.37. The van der Waals surface area contributed by atoms with Crippen LogP contribution in [0.25, 0.3) is 0 Å². The van der Waals surface area contributed by atoms with Crippen molar-refractivity contribution in [2.24, 2.45) is 0 Å². The minimum Gasteiger partial charge on any atom is -0.468 e. The lowest BCUT2D eigenvalue weighted by Crippen LogP contribution is -2.60. The van der Waals surface area contributed by atoms with Crippen LogP contribution in [-0.4, -0.2) is 62.4 Å². The third-order valence-electron chi connectivity index (χ3n) is 3.20. The lowest BCUT2D eigenvalue weighted by molar-refractivity contribution is -0.149. The standard InChI is InChI=1S/C14H30N2O3/c1-8-16(12(4)9-18-6)10-14(5,13(17)19-7)15-11(2)3/h11-12,15H,8-10H2,1-7H3. The predicted molar refractivity (Wildman–Crippen MR) is 77.3 cm³/mol. The maximum Gasteiger partial charge on any atom is 0.327 e. The maximum absolute atomic E-state index is 12.1. The van der Waals surface area contributed by atoms with Crippen molar-refractivity contribution in [3.05, 3.63) is 0 Å². The molecule has 0 radical (unpaired) electrons. The number of rotatable bonds is 9. The van der Waals surface area contributed by atoms with Gasteiger partial charge in [0.05, 0.1) is 13.7 Å². The summed E-state index contributed by atoms with van der Waals surface area (Å²) in [4.78, 5) is 14.3. The molecular weight excluding hydrogens is 244 g/mol. The first-order valence-electron chi connectivity index (χ1n) is 6.89. The van der Waals surface area contributed by atoms with E-state index in [0.29, 0.717) is 13.2 Å². The SMILES string of the molecule is CCN(CC(C)(NC(C)C)C(=O)OC)C(C)COC. The Bertz CT molecular complexity index is 271. The summed E-state index contributed by atoms with van der Waals surface area (Å²) in [6.07, 6.45) is 0. The van der Waals surface area contributed by atoms with Crippen LogP contribution in [0.5, 0.6) is 0 Å². The summed E-state index contributed by atoms with van der Waals surface area (Å²) >= 11 is 0. The quantitative estimate of drug-likeness (QED) is 0.642. The number of esters is 1. The molecule has 114 valence electrons. The van der Waals surface area contributed by atoms with Crippen molar-refractivity contribution in [2.45, 2.75) is 52.2 Å². The van der Waals surface area contributed by atoms with Crippen molar-refractivity contribution in [2.75, 3.05) is 33.9 Å². The van der Waals surface area contributed by atoms with E-state index in [1.54, 1.807) is 7.11 Å². The molecule has 0 aliphatic rings. The highest BCUT2D eigenvalue weighted by molar-refractivity contribution is 5.80. The molecule has 5 heteroatoms. The molecule has 19 heavy (non-hydrogen) atoms. The lowest BCUT2D eigenvalue weighted by atomic mass is 9.99. The van der Waals surface area contributed by atoms with Crippen molar-refractivity contribution in [1.82, 2.24) is 10.2 Å². The van der Waals surface area contributed by atoms with Crippen LogP contribution in [0.15, 0.2) is 0 Å². The fourth-order valence-corrected chi connectivity index (χ4v) is 2.36. The Hall–Kier alpha value is -0.650. The van der Waals surface area contributed by atoms with E-state index in [9.17, 15) is 4.79 Å². The van der Waals surface area contributed by atoms with E-state index in [1.807, 2.05) is 20.8 Å². The third-order valence-corrected chi connectivity index (χ3v) is 3.20. The molecule has 0 rings (SSSR count). The van der Waals surface area contributed by atoms with Gasteiger partial charge in [-0.15, -0.1) is 0 Å². The van der Waals surface area contributed by atoms with Crippen LogP contribution in [0.3, 0.4) is 0 Å². The summed E-state index contributed by atoms with van der Waals surface area (Å²) in [5, 5.41) is 3.31. The first kappa shape index (κ1) is 18.4. The highest BCUT2D eigenvalue weighted by Crippen LogP contribution is 2.13. The second-order valence-electron chi connectivity index (χ2n) is 5.49. The van der Waals surface area contributed by atoms with Gasteiger partial charge in [0.2, 0.25) is 0 Å². The highest BCUT2D eigenvalue weighted by atomic mass is 16.5. The van der Waals surface area contributed by atoms with E-state index in [4.69, 9.17) is 9.47 Å². The Balaban J connectivity index is 4.91. The summed E-state index contributed by atoms with van der Waals surface area (Å²) in [5.41, 5.74) is -0.707. The van der Waals surface area contributed by atoms with Crippen molar-refractivity contribution >= 4 is 5.97 Å². The molecule has 0 amide bonds. The highest BCUT2D eigenvalue weighted by Gasteiger charge is 2.37. The minimum absolute atomic E-state index is 0.209. The molecule has 0 aromatic carbocycles. The van der Waals surface area contributed by atoms with E-state index in [-0.39, 0.29) is 18.1 Å². The van der Waals surface area contributed by atoms with Gasteiger partial charge in [0, 0.05) is 25.7 Å². The van der Waals surface area contributed by atoms with Crippen molar-refractivity contribution < 1.29 is 14.3 Å². The second-order valence-corrected chi connectivity index (χ2v) is 5.49. The molecule has 0 bridgehead atoms. The van der Waals surface area contributed by atoms with Crippen LogP contribution in [0, 0.1) is 0 Å². The summed E-state index contributed by atoms with van der Waals surface area (Å²) in [6.45, 7) is 12.2. The van der Waals surface area contributed by atoms with Gasteiger partial charge in [-0.2, -0.15) is 0 Å². The minimum atomic E-state index is -0.707. The number of hydrogen-bond donors (Lipinski definition) is 1. The van der Waals surface area contributed by atoms with Crippen molar-refractivity contribution in [1.29, 1.82) is 0 Å². The zero-order chi connectivity index (χ0) is 15.1. The average Bonchev–Trinajstić information content (AvgIpc) is 2.34. The molecule has 5 nitrogen and oxygen atoms in total. The number of nitrogens with zero attached hydrogens (tertiary/aromatic N) is 1. The first-order valence-corrected chi connectivity index (χ1v) is 6.89. The number of carbonyl (C=O) groups is 1. The Morgan fingerprint density at radius 1 is 1.32 bits per heavy atom. The predicted octanol–water partition coefficient (Wildman–Crippen LogP) is 1.27. The molecule has 0 fully saturated rings. The van der Waals surface area contributed by atoms with Crippen LogP contribution >= 0.6 is 0 Å². The van der Waals surface area contributed by atoms with Gasteiger partial charge in [0.15, 0.2) is 0 Å². The van der Waals surface area contributed by atoms with Crippen LogP contribution in [0.1, 0.15) is 34.6 Å². The Labute approximate surface area is 117 Å². The molecule has 0 saturated heterocycles. The Kier molecular flexibility index (Phi) is 8.22. The van der Waals surface area contributed by atoms with Gasteiger partial charge >= 0.3 is 5.97 Å². The number of methoxy groups -OCH3 is 2. The molecule has 0 heterocycles. The van der Waals surface area contributed by atoms with E-state index in [1.165, 1.54) is 7.11 Å². The van der Waals surface area contributed by atoms with Crippen LogP contribution in [-0.2, 0) is 14.3 Å². The number of hydrogen-bond acceptors (Lipinski definition) is 5. The van der Waals surface area contributed by atoms with Gasteiger partial charge in [0.25, 0.3) is 0 Å². The van der Waals surface area contributed by atoms with E-state index in [0.717, 1.165) is 6.54 Å². The number of likely N-dealkylation sites (N-methyl/N-ethyl adjacent to an activating group) is 1. The molecule has 2 atom stereocenters. The summed E-state index contributed by atoms with van der Waals surface area (Å²) in [7, 11) is 3.12. The second kappa shape index (κ2) is 8.51. The van der Waals surface area contributed by atoms with E-state index < -0.39 is 5.54 Å². The topological polar surface area (TPSA) is 50.8 Å². The van der Waals surface area contributed by atoms with Crippen LogP contribution in [0.2, 0.25) is 0 Å². The van der Waals surface area contributed by atoms with Crippen molar-refractivity contribution in [3.63, 3.8) is 0 Å². The number of carbonyl (C=O) groups excluding carboxylic acids is 1. The molecule has 1 N–H and O–H groups in total. The normalized spacial score (nSPS) is 16.5. The van der Waals surface area contributed by atoms with Crippen LogP contribution < -0.4 is 5.32 Å². The first-order chi connectivity index (χ1) is 8.80. The third kappa shape index (κ3) is 5.89. The molecule has 0 aromatic rings. The van der Waals surface area contributed by atoms with Crippen LogP contribution in [0.4, 0.5) is 0 Å². The van der Waals surface area contributed by atoms with E-state index in [2.05, 4.69) is 24.1 Å². The fourth-order valence-electron chi connectivity index (χ4n) is 2.36. The van der Waals surface area contributed by atoms with Gasteiger partial charge in [-0.3, -0.25) is 15.0 Å². The number of nitrogens with one attached hydrogen (secondary N) is 1. The number of ether oxygens (including phenoxy) is 2. The molecule has 0 aliphatic heterocycles. The van der Waals surface area contributed by atoms with Gasteiger partial charge in [0.1, 0.15) is 5.54 Å². The molecule has 0 aliphatic carbocycles. The molecule has 0 aromatic heterocycles. The van der Waals surface area contributed by atoms with Gasteiger partial charge < -0.3 is 9.47 Å². The summed E-state index contributed by atoms with van der Waals surface area (Å²) in [6, 6.07) is 0.466. The summed E-state index contributed by atoms with van der Waals surface area (Å²) < 4.78 is 10.1. The van der Waals surface area contributed by atoms with Crippen molar-refractivity contribution in [3.8, 4) is 0 Å². The smallest absolute Gasteiger partial charge is 0.327 e. The van der Waals surface area contributed by atoms with Gasteiger partial charge in [-0.05, 0) is 34.2 Å². The average molecular weight is 274 g/mol. The monoisotopic (exact) mass is 274 g/mol. The van der Waals surface area contributed by atoms with Gasteiger partial charge in [-0.1, -0.05) is 6.92 Å². The fraction of sp³-hybridized carbons (Fsp3) is 0.929. The Morgan fingerprint density at radius 3 is 2.26 bits per heavy atom. The Morgan fingerprint density at radius 2 is 1.89 bits per heavy atom. The molecule has 2 unspecified atom stereocenters. The summed E-state index contributed by atoms with van der Waals surface area (Å²) in [5.74, 6) is -0.232. The largest absolute Gasteiger partial charge is 0.468 e.